The molecular formula is C31H35N5O6S. The Labute approximate surface area is 254 Å². The minimum atomic E-state index is -1.06. The van der Waals surface area contributed by atoms with Crippen LogP contribution in [0.3, 0.4) is 0 Å². The lowest BCUT2D eigenvalue weighted by molar-refractivity contribution is -0.148. The maximum absolute atomic E-state index is 13.9. The molecule has 0 spiro atoms. The third kappa shape index (κ3) is 7.96. The fourth-order valence-electron chi connectivity index (χ4n) is 4.55. The maximum atomic E-state index is 13.9. The molecule has 3 aromatic rings. The van der Waals surface area contributed by atoms with Crippen molar-refractivity contribution in [3.05, 3.63) is 71.1 Å². The van der Waals surface area contributed by atoms with Gasteiger partial charge in [-0.1, -0.05) is 42.5 Å². The van der Waals surface area contributed by atoms with Crippen molar-refractivity contribution in [2.45, 2.75) is 57.3 Å². The summed E-state index contributed by atoms with van der Waals surface area (Å²) in [5.41, 5.74) is 1.83. The quantitative estimate of drug-likeness (QED) is 0.351. The number of alkyl carbamates (subject to hydrolysis) is 1. The van der Waals surface area contributed by atoms with Gasteiger partial charge < -0.3 is 30.3 Å². The number of nitrogens with one attached hydrogen (secondary N) is 3. The topological polar surface area (TPSA) is 139 Å². The Hall–Kier alpha value is -4.29. The van der Waals surface area contributed by atoms with Crippen LogP contribution in [0.4, 0.5) is 9.93 Å². The molecule has 2 heterocycles. The summed E-state index contributed by atoms with van der Waals surface area (Å²) < 4.78 is 11.0. The molecule has 2 fully saturated rings. The zero-order chi connectivity index (χ0) is 30.6. The van der Waals surface area contributed by atoms with E-state index in [1.54, 1.807) is 57.2 Å². The molecule has 226 valence electrons. The number of anilines is 1. The number of ether oxygens (including phenoxy) is 2. The minimum absolute atomic E-state index is 0.00582. The summed E-state index contributed by atoms with van der Waals surface area (Å²) in [5, 5.41) is 10.6. The normalized spacial score (nSPS) is 17.5. The van der Waals surface area contributed by atoms with E-state index in [0.29, 0.717) is 22.0 Å². The Bertz CT molecular complexity index is 1470. The molecule has 4 amide bonds. The number of hydrogen-bond acceptors (Lipinski definition) is 8. The first-order valence-electron chi connectivity index (χ1n) is 14.2. The highest BCUT2D eigenvalue weighted by molar-refractivity contribution is 7.14. The van der Waals surface area contributed by atoms with Gasteiger partial charge in [-0.2, -0.15) is 0 Å². The number of carbonyl (C=O) groups is 4. The van der Waals surface area contributed by atoms with Gasteiger partial charge in [0.15, 0.2) is 5.13 Å². The highest BCUT2D eigenvalue weighted by Gasteiger charge is 2.38. The van der Waals surface area contributed by atoms with E-state index in [0.717, 1.165) is 18.4 Å². The van der Waals surface area contributed by atoms with Crippen molar-refractivity contribution >= 4 is 40.3 Å². The standard InChI is InChI=1S/C31H35N5O6S/c1-31(2,3)42-30(40)34-25(20-7-5-4-6-8-20)28(39)36-15-16-41-17-24(36)27(38)35-29-33-23(18-43-29)19-9-11-21(12-10-19)26(37)32-22-13-14-22/h4-12,18,22,24-25H,13-17H2,1-3H3,(H,32,37)(H,34,40)(H,33,35,38)/t24?,25-/m1/s1. The van der Waals surface area contributed by atoms with E-state index >= 15 is 0 Å². The van der Waals surface area contributed by atoms with Gasteiger partial charge in [0.2, 0.25) is 0 Å². The summed E-state index contributed by atoms with van der Waals surface area (Å²) in [4.78, 5) is 58.2. The van der Waals surface area contributed by atoms with E-state index in [9.17, 15) is 19.2 Å². The second-order valence-electron chi connectivity index (χ2n) is 11.5. The Kier molecular flexibility index (Phi) is 9.07. The predicted octanol–water partition coefficient (Wildman–Crippen LogP) is 4.13. The van der Waals surface area contributed by atoms with Gasteiger partial charge in [0.05, 0.1) is 18.9 Å². The molecule has 1 unspecified atom stereocenters. The summed E-state index contributed by atoms with van der Waals surface area (Å²) in [6.45, 7) is 5.62. The fraction of sp³-hybridized carbons (Fsp3) is 0.387. The second-order valence-corrected chi connectivity index (χ2v) is 12.3. The number of benzene rings is 2. The smallest absolute Gasteiger partial charge is 0.408 e. The van der Waals surface area contributed by atoms with E-state index in [-0.39, 0.29) is 31.7 Å². The zero-order valence-corrected chi connectivity index (χ0v) is 25.1. The van der Waals surface area contributed by atoms with Crippen molar-refractivity contribution < 1.29 is 28.7 Å². The van der Waals surface area contributed by atoms with Crippen LogP contribution in [-0.2, 0) is 19.1 Å². The van der Waals surface area contributed by atoms with Crippen LogP contribution in [0, 0.1) is 0 Å². The molecule has 0 radical (unpaired) electrons. The number of carbonyl (C=O) groups excluding carboxylic acids is 4. The summed E-state index contributed by atoms with van der Waals surface area (Å²) in [6, 6.07) is 14.2. The zero-order valence-electron chi connectivity index (χ0n) is 24.3. The highest BCUT2D eigenvalue weighted by Crippen LogP contribution is 2.27. The van der Waals surface area contributed by atoms with Gasteiger partial charge in [-0.3, -0.25) is 14.4 Å². The van der Waals surface area contributed by atoms with E-state index in [4.69, 9.17) is 9.47 Å². The third-order valence-corrected chi connectivity index (χ3v) is 7.60. The molecule has 1 aromatic heterocycles. The molecule has 0 bridgehead atoms. The molecule has 1 saturated heterocycles. The SMILES string of the molecule is CC(C)(C)OC(=O)N[C@@H](C(=O)N1CCOCC1C(=O)Nc1nc(-c2ccc(C(=O)NC3CC3)cc2)cs1)c1ccccc1. The van der Waals surface area contributed by atoms with Crippen LogP contribution in [0.1, 0.15) is 55.6 Å². The molecule has 12 heteroatoms. The van der Waals surface area contributed by atoms with E-state index in [2.05, 4.69) is 20.9 Å². The molecule has 1 saturated carbocycles. The van der Waals surface area contributed by atoms with Crippen LogP contribution in [0.25, 0.3) is 11.3 Å². The Balaban J connectivity index is 1.27. The lowest BCUT2D eigenvalue weighted by Crippen LogP contribution is -2.57. The van der Waals surface area contributed by atoms with Crippen molar-refractivity contribution in [1.29, 1.82) is 0 Å². The Morgan fingerprint density at radius 3 is 2.44 bits per heavy atom. The van der Waals surface area contributed by atoms with Crippen LogP contribution in [0.2, 0.25) is 0 Å². The number of rotatable bonds is 8. The summed E-state index contributed by atoms with van der Waals surface area (Å²) in [5.74, 6) is -0.999. The fourth-order valence-corrected chi connectivity index (χ4v) is 5.27. The Morgan fingerprint density at radius 2 is 1.77 bits per heavy atom. The molecular weight excluding hydrogens is 570 g/mol. The number of hydrogen-bond donors (Lipinski definition) is 3. The van der Waals surface area contributed by atoms with Crippen molar-refractivity contribution in [2.24, 2.45) is 0 Å². The van der Waals surface area contributed by atoms with Gasteiger partial charge in [0, 0.05) is 29.1 Å². The highest BCUT2D eigenvalue weighted by atomic mass is 32.1. The lowest BCUT2D eigenvalue weighted by Gasteiger charge is -2.36. The van der Waals surface area contributed by atoms with E-state index in [1.807, 2.05) is 23.6 Å². The minimum Gasteiger partial charge on any atom is -0.444 e. The van der Waals surface area contributed by atoms with Gasteiger partial charge >= 0.3 is 6.09 Å². The number of amides is 4. The molecule has 2 aliphatic rings. The molecule has 2 aromatic carbocycles. The van der Waals surface area contributed by atoms with E-state index < -0.39 is 35.6 Å². The van der Waals surface area contributed by atoms with Crippen molar-refractivity contribution in [3.63, 3.8) is 0 Å². The number of aromatic nitrogens is 1. The summed E-state index contributed by atoms with van der Waals surface area (Å²) in [6.07, 6.45) is 1.30. The average molecular weight is 606 g/mol. The molecule has 3 N–H and O–H groups in total. The van der Waals surface area contributed by atoms with Gasteiger partial charge in [-0.25, -0.2) is 9.78 Å². The van der Waals surface area contributed by atoms with Crippen LogP contribution < -0.4 is 16.0 Å². The molecule has 2 atom stereocenters. The number of thiazole rings is 1. The first-order valence-corrected chi connectivity index (χ1v) is 15.1. The lowest BCUT2D eigenvalue weighted by atomic mass is 10.0. The first-order chi connectivity index (χ1) is 20.6. The van der Waals surface area contributed by atoms with Gasteiger partial charge in [0.1, 0.15) is 17.7 Å². The molecule has 11 nitrogen and oxygen atoms in total. The van der Waals surface area contributed by atoms with Crippen molar-refractivity contribution in [2.75, 3.05) is 25.1 Å². The van der Waals surface area contributed by atoms with Crippen molar-refractivity contribution in [1.82, 2.24) is 20.5 Å². The largest absolute Gasteiger partial charge is 0.444 e. The van der Waals surface area contributed by atoms with Gasteiger partial charge in [-0.15, -0.1) is 11.3 Å². The summed E-state index contributed by atoms with van der Waals surface area (Å²) >= 11 is 1.25. The average Bonchev–Trinajstić information content (AvgIpc) is 3.69. The van der Waals surface area contributed by atoms with Crippen molar-refractivity contribution in [3.8, 4) is 11.3 Å². The molecule has 5 rings (SSSR count). The number of nitrogens with zero attached hydrogens (tertiary/aromatic N) is 2. The molecule has 43 heavy (non-hydrogen) atoms. The molecule has 1 aliphatic heterocycles. The van der Waals surface area contributed by atoms with Crippen LogP contribution in [0.5, 0.6) is 0 Å². The maximum Gasteiger partial charge on any atom is 0.408 e. The predicted molar refractivity (Wildman–Crippen MR) is 162 cm³/mol. The third-order valence-electron chi connectivity index (χ3n) is 6.84. The molecule has 1 aliphatic carbocycles. The second kappa shape index (κ2) is 12.9. The van der Waals surface area contributed by atoms with Crippen LogP contribution in [-0.4, -0.2) is 71.1 Å². The van der Waals surface area contributed by atoms with E-state index in [1.165, 1.54) is 16.2 Å². The Morgan fingerprint density at radius 1 is 1.05 bits per heavy atom. The summed E-state index contributed by atoms with van der Waals surface area (Å²) in [7, 11) is 0. The van der Waals surface area contributed by atoms with Crippen LogP contribution in [0.15, 0.2) is 60.0 Å². The van der Waals surface area contributed by atoms with Gasteiger partial charge in [-0.05, 0) is 51.3 Å². The first kappa shape index (κ1) is 30.2. The monoisotopic (exact) mass is 605 g/mol. The van der Waals surface area contributed by atoms with Gasteiger partial charge in [0.25, 0.3) is 17.7 Å². The van der Waals surface area contributed by atoms with Crippen LogP contribution >= 0.6 is 11.3 Å². The number of morpholine rings is 1.